The van der Waals surface area contributed by atoms with E-state index in [1.165, 1.54) is 0 Å². The van der Waals surface area contributed by atoms with Crippen LogP contribution < -0.4 is 15.4 Å². The van der Waals surface area contributed by atoms with Crippen molar-refractivity contribution in [2.24, 2.45) is 0 Å². The summed E-state index contributed by atoms with van der Waals surface area (Å²) in [6.45, 7) is 8.46. The maximum absolute atomic E-state index is 12.7. The summed E-state index contributed by atoms with van der Waals surface area (Å²) in [5.74, 6) is 0.977. The van der Waals surface area contributed by atoms with Crippen LogP contribution in [0, 0.1) is 0 Å². The fourth-order valence-electron chi connectivity index (χ4n) is 3.87. The fraction of sp³-hybridized carbons (Fsp3) is 0.440. The quantitative estimate of drug-likeness (QED) is 0.697. The van der Waals surface area contributed by atoms with Gasteiger partial charge >= 0.3 is 6.03 Å². The molecule has 2 N–H and O–H groups in total. The Morgan fingerprint density at radius 3 is 2.61 bits per heavy atom. The van der Waals surface area contributed by atoms with Crippen LogP contribution in [0.3, 0.4) is 0 Å². The Morgan fingerprint density at radius 2 is 1.90 bits per heavy atom. The van der Waals surface area contributed by atoms with Gasteiger partial charge < -0.3 is 20.3 Å². The molecule has 6 heteroatoms. The lowest BCUT2D eigenvalue weighted by molar-refractivity contribution is 0.0950. The predicted molar refractivity (Wildman–Crippen MR) is 122 cm³/mol. The van der Waals surface area contributed by atoms with E-state index in [9.17, 15) is 9.59 Å². The Bertz CT molecular complexity index is 880. The van der Waals surface area contributed by atoms with Gasteiger partial charge in [0.15, 0.2) is 0 Å². The summed E-state index contributed by atoms with van der Waals surface area (Å²) in [5, 5.41) is 5.87. The van der Waals surface area contributed by atoms with Crippen molar-refractivity contribution in [2.45, 2.75) is 52.2 Å². The lowest BCUT2D eigenvalue weighted by Crippen LogP contribution is -2.44. The molecule has 166 valence electrons. The first kappa shape index (κ1) is 22.7. The van der Waals surface area contributed by atoms with Gasteiger partial charge in [-0.05, 0) is 69.0 Å². The second-order valence-corrected chi connectivity index (χ2v) is 8.24. The maximum Gasteiger partial charge on any atom is 0.317 e. The molecule has 1 aliphatic heterocycles. The monoisotopic (exact) mass is 423 g/mol. The minimum Gasteiger partial charge on any atom is -0.491 e. The largest absolute Gasteiger partial charge is 0.491 e. The van der Waals surface area contributed by atoms with E-state index in [2.05, 4.69) is 16.7 Å². The molecule has 6 nitrogen and oxygen atoms in total. The average molecular weight is 424 g/mol. The molecule has 0 bridgehead atoms. The first-order chi connectivity index (χ1) is 15.0. The molecule has 1 heterocycles. The van der Waals surface area contributed by atoms with E-state index in [4.69, 9.17) is 4.74 Å². The topological polar surface area (TPSA) is 70.7 Å². The number of rotatable bonds is 7. The molecule has 0 saturated carbocycles. The van der Waals surface area contributed by atoms with Crippen LogP contribution in [-0.2, 0) is 6.54 Å². The van der Waals surface area contributed by atoms with Gasteiger partial charge in [-0.25, -0.2) is 4.79 Å². The Morgan fingerprint density at radius 1 is 1.13 bits per heavy atom. The van der Waals surface area contributed by atoms with Crippen LogP contribution in [0.15, 0.2) is 48.5 Å². The van der Waals surface area contributed by atoms with Gasteiger partial charge in [0.25, 0.3) is 5.91 Å². The Kier molecular flexibility index (Phi) is 7.93. The van der Waals surface area contributed by atoms with Crippen LogP contribution in [0.1, 0.15) is 61.0 Å². The zero-order valence-electron chi connectivity index (χ0n) is 18.7. The van der Waals surface area contributed by atoms with E-state index in [0.717, 1.165) is 36.3 Å². The van der Waals surface area contributed by atoms with Crippen molar-refractivity contribution in [1.29, 1.82) is 0 Å². The average Bonchev–Trinajstić information content (AvgIpc) is 2.78. The van der Waals surface area contributed by atoms with E-state index < -0.39 is 0 Å². The highest BCUT2D eigenvalue weighted by Gasteiger charge is 2.24. The minimum atomic E-state index is -0.0965. The van der Waals surface area contributed by atoms with E-state index in [1.807, 2.05) is 68.1 Å². The third kappa shape index (κ3) is 6.48. The lowest BCUT2D eigenvalue weighted by Gasteiger charge is -2.33. The molecule has 31 heavy (non-hydrogen) atoms. The molecule has 1 atom stereocenters. The molecule has 0 radical (unpaired) electrons. The molecule has 3 amide bonds. The number of carbonyl (C=O) groups excluding carboxylic acids is 2. The molecule has 1 unspecified atom stereocenters. The number of nitrogens with zero attached hydrogens (tertiary/aromatic N) is 1. The van der Waals surface area contributed by atoms with Crippen LogP contribution in [0.25, 0.3) is 0 Å². The van der Waals surface area contributed by atoms with Crippen molar-refractivity contribution < 1.29 is 14.3 Å². The number of carbonyl (C=O) groups is 2. The number of ether oxygens (including phenoxy) is 1. The zero-order chi connectivity index (χ0) is 22.2. The van der Waals surface area contributed by atoms with Gasteiger partial charge in [0, 0.05) is 37.7 Å². The number of amides is 3. The summed E-state index contributed by atoms with van der Waals surface area (Å²) in [5.41, 5.74) is 2.77. The molecular weight excluding hydrogens is 390 g/mol. The predicted octanol–water partition coefficient (Wildman–Crippen LogP) is 4.31. The highest BCUT2D eigenvalue weighted by Crippen LogP contribution is 2.27. The molecule has 1 saturated heterocycles. The van der Waals surface area contributed by atoms with E-state index >= 15 is 0 Å². The molecule has 1 fully saturated rings. The Labute approximate surface area is 185 Å². The molecule has 2 aromatic rings. The number of hydrogen-bond donors (Lipinski definition) is 2. The second kappa shape index (κ2) is 10.8. The fourth-order valence-corrected chi connectivity index (χ4v) is 3.87. The summed E-state index contributed by atoms with van der Waals surface area (Å²) in [6.07, 6.45) is 2.12. The number of piperidine rings is 1. The van der Waals surface area contributed by atoms with E-state index in [0.29, 0.717) is 25.2 Å². The summed E-state index contributed by atoms with van der Waals surface area (Å²) in [7, 11) is 0. The molecular formula is C25H33N3O3. The summed E-state index contributed by atoms with van der Waals surface area (Å²) in [4.78, 5) is 26.8. The normalized spacial score (nSPS) is 16.1. The lowest BCUT2D eigenvalue weighted by atomic mass is 9.89. The maximum atomic E-state index is 12.7. The first-order valence-corrected chi connectivity index (χ1v) is 11.1. The van der Waals surface area contributed by atoms with E-state index in [-0.39, 0.29) is 24.0 Å². The minimum absolute atomic E-state index is 0.00842. The number of nitrogens with one attached hydrogen (secondary N) is 2. The zero-order valence-corrected chi connectivity index (χ0v) is 18.7. The van der Waals surface area contributed by atoms with Gasteiger partial charge in [-0.3, -0.25) is 4.79 Å². The SMILES string of the molecule is CCNC(=O)N1CCCC(c2cccc(C(=O)NCc3ccc(OC(C)C)cc3)c2)C1. The highest BCUT2D eigenvalue weighted by molar-refractivity contribution is 5.94. The van der Waals surface area contributed by atoms with Crippen molar-refractivity contribution in [3.63, 3.8) is 0 Å². The van der Waals surface area contributed by atoms with Gasteiger partial charge in [0.1, 0.15) is 5.75 Å². The highest BCUT2D eigenvalue weighted by atomic mass is 16.5. The molecule has 1 aliphatic rings. The summed E-state index contributed by atoms with van der Waals surface area (Å²) >= 11 is 0. The van der Waals surface area contributed by atoms with Crippen molar-refractivity contribution in [3.8, 4) is 5.75 Å². The van der Waals surface area contributed by atoms with Gasteiger partial charge in [0.05, 0.1) is 6.10 Å². The Hall–Kier alpha value is -3.02. The van der Waals surface area contributed by atoms with Gasteiger partial charge in [0.2, 0.25) is 0 Å². The third-order valence-electron chi connectivity index (χ3n) is 5.41. The second-order valence-electron chi connectivity index (χ2n) is 8.24. The molecule has 0 aliphatic carbocycles. The molecule has 2 aromatic carbocycles. The van der Waals surface area contributed by atoms with Crippen LogP contribution in [0.5, 0.6) is 5.75 Å². The summed E-state index contributed by atoms with van der Waals surface area (Å²) in [6, 6.07) is 15.5. The van der Waals surface area contributed by atoms with Crippen molar-refractivity contribution >= 4 is 11.9 Å². The molecule has 0 spiro atoms. The number of likely N-dealkylation sites (tertiary alicyclic amines) is 1. The van der Waals surface area contributed by atoms with Crippen LogP contribution in [0.4, 0.5) is 4.79 Å². The smallest absolute Gasteiger partial charge is 0.317 e. The van der Waals surface area contributed by atoms with Crippen LogP contribution in [0.2, 0.25) is 0 Å². The van der Waals surface area contributed by atoms with Crippen LogP contribution in [-0.4, -0.2) is 42.6 Å². The number of urea groups is 1. The standard InChI is InChI=1S/C25H33N3O3/c1-4-26-25(30)28-14-6-9-22(17-28)20-7-5-8-21(15-20)24(29)27-16-19-10-12-23(13-11-19)31-18(2)3/h5,7-8,10-13,15,18,22H,4,6,9,14,16-17H2,1-3H3,(H,26,30)(H,27,29). The molecule has 3 rings (SSSR count). The number of benzene rings is 2. The molecule has 0 aromatic heterocycles. The van der Waals surface area contributed by atoms with Crippen molar-refractivity contribution in [3.05, 3.63) is 65.2 Å². The summed E-state index contributed by atoms with van der Waals surface area (Å²) < 4.78 is 5.65. The van der Waals surface area contributed by atoms with Crippen molar-refractivity contribution in [1.82, 2.24) is 15.5 Å². The van der Waals surface area contributed by atoms with Gasteiger partial charge in [-0.2, -0.15) is 0 Å². The number of hydrogen-bond acceptors (Lipinski definition) is 3. The van der Waals surface area contributed by atoms with Gasteiger partial charge in [-0.1, -0.05) is 24.3 Å². The first-order valence-electron chi connectivity index (χ1n) is 11.1. The van der Waals surface area contributed by atoms with Crippen molar-refractivity contribution in [2.75, 3.05) is 19.6 Å². The van der Waals surface area contributed by atoms with Gasteiger partial charge in [-0.15, -0.1) is 0 Å². The van der Waals surface area contributed by atoms with E-state index in [1.54, 1.807) is 0 Å². The third-order valence-corrected chi connectivity index (χ3v) is 5.41. The Balaban J connectivity index is 1.59. The van der Waals surface area contributed by atoms with Crippen LogP contribution >= 0.6 is 0 Å².